The molecule has 0 saturated carbocycles. The number of hydrogen-bond donors (Lipinski definition) is 2. The summed E-state index contributed by atoms with van der Waals surface area (Å²) in [7, 11) is 0. The highest BCUT2D eigenvalue weighted by molar-refractivity contribution is 5.82. The average molecular weight is 265 g/mol. The van der Waals surface area contributed by atoms with E-state index in [-0.39, 0.29) is 6.61 Å². The quantitative estimate of drug-likeness (QED) is 0.805. The SMILES string of the molecule is CCOCC(O)CN1CC(C(=O)O)c2ccccc21. The summed E-state index contributed by atoms with van der Waals surface area (Å²) < 4.78 is 5.17. The molecule has 1 heterocycles. The Morgan fingerprint density at radius 1 is 1.53 bits per heavy atom. The summed E-state index contributed by atoms with van der Waals surface area (Å²) in [5, 5.41) is 19.1. The first kappa shape index (κ1) is 13.8. The minimum Gasteiger partial charge on any atom is -0.481 e. The maximum Gasteiger partial charge on any atom is 0.312 e. The molecule has 0 saturated heterocycles. The number of carboxylic acid groups (broad SMARTS) is 1. The van der Waals surface area contributed by atoms with Crippen molar-refractivity contribution in [2.24, 2.45) is 0 Å². The fraction of sp³-hybridized carbons (Fsp3) is 0.500. The number of nitrogens with zero attached hydrogens (tertiary/aromatic N) is 1. The topological polar surface area (TPSA) is 70.0 Å². The number of carbonyl (C=O) groups is 1. The van der Waals surface area contributed by atoms with Crippen molar-refractivity contribution < 1.29 is 19.7 Å². The number of fused-ring (bicyclic) bond motifs is 1. The second-order valence-corrected chi connectivity index (χ2v) is 4.67. The van der Waals surface area contributed by atoms with Gasteiger partial charge in [0.25, 0.3) is 0 Å². The molecule has 0 radical (unpaired) electrons. The van der Waals surface area contributed by atoms with Crippen LogP contribution in [0.15, 0.2) is 24.3 Å². The van der Waals surface area contributed by atoms with Gasteiger partial charge in [-0.2, -0.15) is 0 Å². The van der Waals surface area contributed by atoms with Gasteiger partial charge in [-0.15, -0.1) is 0 Å². The number of anilines is 1. The normalized spacial score (nSPS) is 19.3. The Morgan fingerprint density at radius 3 is 2.95 bits per heavy atom. The lowest BCUT2D eigenvalue weighted by atomic mass is 10.0. The first-order valence-corrected chi connectivity index (χ1v) is 6.46. The van der Waals surface area contributed by atoms with Crippen molar-refractivity contribution in [3.63, 3.8) is 0 Å². The van der Waals surface area contributed by atoms with E-state index < -0.39 is 18.0 Å². The summed E-state index contributed by atoms with van der Waals surface area (Å²) in [6, 6.07) is 7.45. The first-order valence-electron chi connectivity index (χ1n) is 6.46. The monoisotopic (exact) mass is 265 g/mol. The molecule has 1 aliphatic rings. The van der Waals surface area contributed by atoms with Crippen LogP contribution in [0.1, 0.15) is 18.4 Å². The first-order chi connectivity index (χ1) is 9.13. The molecule has 0 aliphatic carbocycles. The highest BCUT2D eigenvalue weighted by Gasteiger charge is 2.33. The Kier molecular flexibility index (Phi) is 4.39. The third-order valence-corrected chi connectivity index (χ3v) is 3.30. The van der Waals surface area contributed by atoms with Crippen LogP contribution in [0.2, 0.25) is 0 Å². The number of aliphatic carboxylic acids is 1. The minimum absolute atomic E-state index is 0.271. The third kappa shape index (κ3) is 3.05. The fourth-order valence-corrected chi connectivity index (χ4v) is 2.43. The van der Waals surface area contributed by atoms with Crippen LogP contribution in [0, 0.1) is 0 Å². The highest BCUT2D eigenvalue weighted by atomic mass is 16.5. The van der Waals surface area contributed by atoms with Crippen LogP contribution in [0.4, 0.5) is 5.69 Å². The number of β-amino-alcohol motifs (C(OH)–C–C–N with tert-alkyl or cyclic N) is 1. The van der Waals surface area contributed by atoms with Gasteiger partial charge in [-0.1, -0.05) is 18.2 Å². The van der Waals surface area contributed by atoms with Crippen molar-refractivity contribution in [1.29, 1.82) is 0 Å². The maximum atomic E-state index is 11.3. The Morgan fingerprint density at radius 2 is 2.26 bits per heavy atom. The molecule has 104 valence electrons. The van der Waals surface area contributed by atoms with Crippen molar-refractivity contribution >= 4 is 11.7 Å². The molecule has 2 unspecified atom stereocenters. The summed E-state index contributed by atoms with van der Waals surface area (Å²) in [6.07, 6.45) is -0.611. The smallest absolute Gasteiger partial charge is 0.312 e. The molecule has 0 bridgehead atoms. The number of aliphatic hydroxyl groups is 1. The van der Waals surface area contributed by atoms with E-state index in [9.17, 15) is 15.0 Å². The van der Waals surface area contributed by atoms with E-state index in [0.29, 0.717) is 19.7 Å². The van der Waals surface area contributed by atoms with E-state index in [2.05, 4.69) is 0 Å². The highest BCUT2D eigenvalue weighted by Crippen LogP contribution is 2.36. The molecule has 0 fully saturated rings. The van der Waals surface area contributed by atoms with Crippen molar-refractivity contribution in [3.8, 4) is 0 Å². The van der Waals surface area contributed by atoms with Gasteiger partial charge in [0.15, 0.2) is 0 Å². The van der Waals surface area contributed by atoms with Crippen LogP contribution in [-0.4, -0.2) is 48.6 Å². The largest absolute Gasteiger partial charge is 0.481 e. The van der Waals surface area contributed by atoms with Gasteiger partial charge >= 0.3 is 5.97 Å². The van der Waals surface area contributed by atoms with Gasteiger partial charge in [0, 0.05) is 25.4 Å². The summed E-state index contributed by atoms with van der Waals surface area (Å²) in [5.41, 5.74) is 1.71. The van der Waals surface area contributed by atoms with E-state index in [4.69, 9.17) is 4.74 Å². The Bertz CT molecular complexity index is 449. The van der Waals surface area contributed by atoms with E-state index in [0.717, 1.165) is 11.3 Å². The summed E-state index contributed by atoms with van der Waals surface area (Å²) in [5.74, 6) is -1.34. The zero-order valence-corrected chi connectivity index (χ0v) is 11.0. The minimum atomic E-state index is -0.825. The third-order valence-electron chi connectivity index (χ3n) is 3.30. The predicted octanol–water partition coefficient (Wildman–Crippen LogP) is 1.07. The Hall–Kier alpha value is -1.59. The molecule has 5 nitrogen and oxygen atoms in total. The van der Waals surface area contributed by atoms with Gasteiger partial charge in [0.05, 0.1) is 12.7 Å². The summed E-state index contributed by atoms with van der Waals surface area (Å²) >= 11 is 0. The molecular weight excluding hydrogens is 246 g/mol. The van der Waals surface area contributed by atoms with Crippen LogP contribution < -0.4 is 4.90 Å². The number of carboxylic acids is 1. The molecule has 1 aliphatic heterocycles. The summed E-state index contributed by atoms with van der Waals surface area (Å²) in [6.45, 7) is 3.50. The molecule has 0 aromatic heterocycles. The van der Waals surface area contributed by atoms with Gasteiger partial charge in [0.2, 0.25) is 0 Å². The van der Waals surface area contributed by atoms with E-state index in [1.807, 2.05) is 36.1 Å². The predicted molar refractivity (Wildman–Crippen MR) is 71.5 cm³/mol. The molecular formula is C14H19NO4. The molecule has 2 rings (SSSR count). The number of rotatable bonds is 6. The van der Waals surface area contributed by atoms with Crippen molar-refractivity contribution in [1.82, 2.24) is 0 Å². The number of aliphatic hydroxyl groups excluding tert-OH is 1. The van der Waals surface area contributed by atoms with Crippen LogP contribution >= 0.6 is 0 Å². The van der Waals surface area contributed by atoms with E-state index in [1.54, 1.807) is 0 Å². The Labute approximate surface area is 112 Å². The van der Waals surface area contributed by atoms with E-state index in [1.165, 1.54) is 0 Å². The Balaban J connectivity index is 2.09. The number of ether oxygens (including phenoxy) is 1. The number of hydrogen-bond acceptors (Lipinski definition) is 4. The van der Waals surface area contributed by atoms with Crippen LogP contribution in [0.3, 0.4) is 0 Å². The molecule has 0 spiro atoms. The van der Waals surface area contributed by atoms with E-state index >= 15 is 0 Å². The standard InChI is InChI=1S/C14H19NO4/c1-2-19-9-10(16)7-15-8-12(14(17)18)11-5-3-4-6-13(11)15/h3-6,10,12,16H,2,7-9H2,1H3,(H,17,18). The van der Waals surface area contributed by atoms with Crippen molar-refractivity contribution in [3.05, 3.63) is 29.8 Å². The maximum absolute atomic E-state index is 11.3. The molecule has 1 aromatic rings. The fourth-order valence-electron chi connectivity index (χ4n) is 2.43. The van der Waals surface area contributed by atoms with Gasteiger partial charge in [-0.25, -0.2) is 0 Å². The number of para-hydroxylation sites is 1. The van der Waals surface area contributed by atoms with Gasteiger partial charge in [-0.3, -0.25) is 4.79 Å². The molecule has 2 N–H and O–H groups in total. The molecule has 1 aromatic carbocycles. The molecule has 2 atom stereocenters. The lowest BCUT2D eigenvalue weighted by molar-refractivity contribution is -0.138. The molecule has 5 heteroatoms. The van der Waals surface area contributed by atoms with Gasteiger partial charge < -0.3 is 19.8 Å². The molecule has 19 heavy (non-hydrogen) atoms. The lowest BCUT2D eigenvalue weighted by Gasteiger charge is -2.22. The van der Waals surface area contributed by atoms with Crippen LogP contribution in [0.5, 0.6) is 0 Å². The lowest BCUT2D eigenvalue weighted by Crippen LogP contribution is -2.35. The van der Waals surface area contributed by atoms with Gasteiger partial charge in [-0.05, 0) is 18.6 Å². The van der Waals surface area contributed by atoms with Crippen LogP contribution in [-0.2, 0) is 9.53 Å². The average Bonchev–Trinajstić information content (AvgIpc) is 2.76. The second kappa shape index (κ2) is 6.04. The van der Waals surface area contributed by atoms with Crippen molar-refractivity contribution in [2.75, 3.05) is 31.2 Å². The zero-order valence-electron chi connectivity index (χ0n) is 11.0. The second-order valence-electron chi connectivity index (χ2n) is 4.67. The zero-order chi connectivity index (χ0) is 13.8. The summed E-state index contributed by atoms with van der Waals surface area (Å²) in [4.78, 5) is 13.2. The molecule has 0 amide bonds. The van der Waals surface area contributed by atoms with Crippen molar-refractivity contribution in [2.45, 2.75) is 18.9 Å². The van der Waals surface area contributed by atoms with Crippen LogP contribution in [0.25, 0.3) is 0 Å². The van der Waals surface area contributed by atoms with Gasteiger partial charge in [0.1, 0.15) is 5.92 Å². The number of benzene rings is 1.